The van der Waals surface area contributed by atoms with Crippen molar-refractivity contribution in [1.29, 1.82) is 0 Å². The molecule has 2 aliphatic heterocycles. The number of fused-ring (bicyclic) bond motifs is 2. The Balaban J connectivity index is 1.22. The Morgan fingerprint density at radius 2 is 2.06 bits per heavy atom. The Morgan fingerprint density at radius 1 is 1.21 bits per heavy atom. The van der Waals surface area contributed by atoms with Crippen LogP contribution < -0.4 is 14.8 Å². The lowest BCUT2D eigenvalue weighted by molar-refractivity contribution is 0.0684. The monoisotopic (exact) mass is 479 g/mol. The van der Waals surface area contributed by atoms with Gasteiger partial charge < -0.3 is 19.7 Å². The van der Waals surface area contributed by atoms with E-state index in [1.54, 1.807) is 30.3 Å². The predicted octanol–water partition coefficient (Wildman–Crippen LogP) is 4.02. The van der Waals surface area contributed by atoms with Crippen molar-refractivity contribution in [2.75, 3.05) is 13.3 Å². The molecule has 7 nitrogen and oxygen atoms in total. The number of piperidine rings is 1. The molecule has 3 aliphatic rings. The van der Waals surface area contributed by atoms with Gasteiger partial charge in [0.1, 0.15) is 11.5 Å². The van der Waals surface area contributed by atoms with E-state index in [2.05, 4.69) is 10.3 Å². The van der Waals surface area contributed by atoms with Crippen LogP contribution in [-0.2, 0) is 0 Å². The average Bonchev–Trinajstić information content (AvgIpc) is 3.18. The lowest BCUT2D eigenvalue weighted by Crippen LogP contribution is -2.45. The van der Waals surface area contributed by atoms with Gasteiger partial charge in [0.05, 0.1) is 21.5 Å². The second-order valence-corrected chi connectivity index (χ2v) is 10.0. The van der Waals surface area contributed by atoms with Gasteiger partial charge in [0.25, 0.3) is 11.8 Å². The number of nitrogens with zero attached hydrogens (tertiary/aromatic N) is 2. The second kappa shape index (κ2) is 8.09. The van der Waals surface area contributed by atoms with Gasteiger partial charge in [-0.15, -0.1) is 11.3 Å². The summed E-state index contributed by atoms with van der Waals surface area (Å²) in [5, 5.41) is 3.72. The maximum Gasteiger partial charge on any atom is 0.274 e. The zero-order valence-corrected chi connectivity index (χ0v) is 19.2. The minimum Gasteiger partial charge on any atom is -0.454 e. The van der Waals surface area contributed by atoms with Crippen molar-refractivity contribution >= 4 is 23.2 Å². The summed E-state index contributed by atoms with van der Waals surface area (Å²) < 4.78 is 24.7. The molecule has 2 aromatic carbocycles. The Morgan fingerprint density at radius 3 is 2.91 bits per heavy atom. The number of nitrogens with one attached hydrogen (secondary N) is 1. The lowest BCUT2D eigenvalue weighted by atomic mass is 10.1. The first-order chi connectivity index (χ1) is 16.5. The number of carbonyl (C=O) groups is 2. The SMILES string of the molecule is Cc1nc(C(=O)N2C3CC3C[C@H]2CNC(=O)c2cccc3c2OCO3)c(-c2cccc(F)c2)s1. The lowest BCUT2D eigenvalue weighted by Gasteiger charge is -2.27. The molecule has 1 N–H and O–H groups in total. The van der Waals surface area contributed by atoms with Crippen LogP contribution in [0, 0.1) is 18.7 Å². The van der Waals surface area contributed by atoms with E-state index in [1.165, 1.54) is 23.5 Å². The summed E-state index contributed by atoms with van der Waals surface area (Å²) in [6.07, 6.45) is 1.80. The van der Waals surface area contributed by atoms with Gasteiger partial charge in [-0.3, -0.25) is 9.59 Å². The molecule has 1 aromatic heterocycles. The number of thiazole rings is 1. The van der Waals surface area contributed by atoms with Gasteiger partial charge in [0.15, 0.2) is 11.5 Å². The van der Waals surface area contributed by atoms with E-state index >= 15 is 0 Å². The molecule has 3 atom stereocenters. The highest BCUT2D eigenvalue weighted by Crippen LogP contribution is 2.49. The van der Waals surface area contributed by atoms with Gasteiger partial charge >= 0.3 is 0 Å². The highest BCUT2D eigenvalue weighted by Gasteiger charge is 2.54. The second-order valence-electron chi connectivity index (χ2n) is 8.84. The Bertz CT molecular complexity index is 1310. The fourth-order valence-corrected chi connectivity index (χ4v) is 5.90. The molecule has 0 bridgehead atoms. The largest absolute Gasteiger partial charge is 0.454 e. The van der Waals surface area contributed by atoms with E-state index < -0.39 is 0 Å². The van der Waals surface area contributed by atoms with Crippen molar-refractivity contribution in [2.45, 2.75) is 31.8 Å². The molecule has 3 heterocycles. The molecule has 1 saturated heterocycles. The number of benzene rings is 2. The molecule has 1 aliphatic carbocycles. The van der Waals surface area contributed by atoms with Crippen LogP contribution in [0.1, 0.15) is 38.7 Å². The zero-order chi connectivity index (χ0) is 23.4. The Labute approximate surface area is 199 Å². The number of aryl methyl sites for hydroxylation is 1. The number of carbonyl (C=O) groups excluding carboxylic acids is 2. The minimum absolute atomic E-state index is 0.0919. The number of para-hydroxylation sites is 1. The van der Waals surface area contributed by atoms with Crippen LogP contribution in [0.3, 0.4) is 0 Å². The first kappa shape index (κ1) is 21.1. The Hall–Kier alpha value is -3.46. The molecule has 0 spiro atoms. The molecule has 9 heteroatoms. The normalized spacial score (nSPS) is 21.9. The number of ether oxygens (including phenoxy) is 2. The van der Waals surface area contributed by atoms with Crippen LogP contribution in [0.5, 0.6) is 11.5 Å². The zero-order valence-electron chi connectivity index (χ0n) is 18.4. The van der Waals surface area contributed by atoms with E-state index in [0.29, 0.717) is 45.7 Å². The maximum atomic E-state index is 13.9. The van der Waals surface area contributed by atoms with Crippen LogP contribution in [-0.4, -0.2) is 47.1 Å². The summed E-state index contributed by atoms with van der Waals surface area (Å²) in [4.78, 5) is 33.6. The molecular formula is C25H22FN3O4S. The van der Waals surface area contributed by atoms with Crippen LogP contribution in [0.25, 0.3) is 10.4 Å². The number of amides is 2. The number of likely N-dealkylation sites (tertiary alicyclic amines) is 1. The van der Waals surface area contributed by atoms with Crippen LogP contribution >= 0.6 is 11.3 Å². The van der Waals surface area contributed by atoms with E-state index in [1.807, 2.05) is 11.8 Å². The highest BCUT2D eigenvalue weighted by atomic mass is 32.1. The van der Waals surface area contributed by atoms with Gasteiger partial charge in [0, 0.05) is 12.6 Å². The van der Waals surface area contributed by atoms with E-state index in [9.17, 15) is 14.0 Å². The smallest absolute Gasteiger partial charge is 0.274 e. The molecule has 174 valence electrons. The molecule has 34 heavy (non-hydrogen) atoms. The minimum atomic E-state index is -0.354. The highest BCUT2D eigenvalue weighted by molar-refractivity contribution is 7.15. The molecular weight excluding hydrogens is 457 g/mol. The molecule has 3 aromatic rings. The fourth-order valence-electron chi connectivity index (χ4n) is 4.99. The quantitative estimate of drug-likeness (QED) is 0.598. The van der Waals surface area contributed by atoms with Crippen molar-refractivity contribution < 1.29 is 23.5 Å². The predicted molar refractivity (Wildman–Crippen MR) is 124 cm³/mol. The van der Waals surface area contributed by atoms with Gasteiger partial charge in [-0.1, -0.05) is 18.2 Å². The summed E-state index contributed by atoms with van der Waals surface area (Å²) in [5.74, 6) is 0.661. The van der Waals surface area contributed by atoms with Crippen LogP contribution in [0.15, 0.2) is 42.5 Å². The first-order valence-electron chi connectivity index (χ1n) is 11.2. The third kappa shape index (κ3) is 3.60. The van der Waals surface area contributed by atoms with Crippen molar-refractivity contribution in [1.82, 2.24) is 15.2 Å². The van der Waals surface area contributed by atoms with E-state index in [4.69, 9.17) is 9.47 Å². The first-order valence-corrected chi connectivity index (χ1v) is 12.0. The van der Waals surface area contributed by atoms with Crippen molar-refractivity contribution in [3.05, 3.63) is 64.5 Å². The molecule has 2 fully saturated rings. The van der Waals surface area contributed by atoms with E-state index in [-0.39, 0.29) is 36.5 Å². The number of hydrogen-bond donors (Lipinski definition) is 1. The average molecular weight is 480 g/mol. The van der Waals surface area contributed by atoms with Crippen molar-refractivity contribution in [3.63, 3.8) is 0 Å². The molecule has 2 unspecified atom stereocenters. The maximum absolute atomic E-state index is 13.9. The summed E-state index contributed by atoms with van der Waals surface area (Å²) in [5.41, 5.74) is 1.41. The third-order valence-electron chi connectivity index (χ3n) is 6.61. The molecule has 0 radical (unpaired) electrons. The number of rotatable bonds is 5. The third-order valence-corrected chi connectivity index (χ3v) is 7.63. The van der Waals surface area contributed by atoms with E-state index in [0.717, 1.165) is 17.8 Å². The molecule has 1 saturated carbocycles. The number of aromatic nitrogens is 1. The van der Waals surface area contributed by atoms with Gasteiger partial charge in [-0.2, -0.15) is 0 Å². The standard InChI is InChI=1S/C25H22FN3O4S/c1-13-28-21(23(34-13)14-4-2-5-16(26)8-14)25(31)29-17(9-15-10-19(15)29)11-27-24(30)18-6-3-7-20-22(18)33-12-32-20/h2-8,15,17,19H,9-12H2,1H3,(H,27,30)/t15?,17-,19?/m0/s1. The number of halogens is 1. The van der Waals surface area contributed by atoms with Crippen molar-refractivity contribution in [3.8, 4) is 21.9 Å². The topological polar surface area (TPSA) is 80.8 Å². The summed E-state index contributed by atoms with van der Waals surface area (Å²) in [6, 6.07) is 11.5. The van der Waals surface area contributed by atoms with Crippen LogP contribution in [0.2, 0.25) is 0 Å². The summed E-state index contributed by atoms with van der Waals surface area (Å²) in [6.45, 7) is 2.27. The van der Waals surface area contributed by atoms with Gasteiger partial charge in [0.2, 0.25) is 6.79 Å². The van der Waals surface area contributed by atoms with Crippen molar-refractivity contribution in [2.24, 2.45) is 5.92 Å². The van der Waals surface area contributed by atoms with Crippen LogP contribution in [0.4, 0.5) is 4.39 Å². The van der Waals surface area contributed by atoms with Gasteiger partial charge in [-0.25, -0.2) is 9.37 Å². The summed E-state index contributed by atoms with van der Waals surface area (Å²) >= 11 is 1.39. The number of hydrogen-bond acceptors (Lipinski definition) is 6. The Kier molecular flexibility index (Phi) is 5.02. The fraction of sp³-hybridized carbons (Fsp3) is 0.320. The summed E-state index contributed by atoms with van der Waals surface area (Å²) in [7, 11) is 0. The molecule has 6 rings (SSSR count). The molecule has 2 amide bonds. The van der Waals surface area contributed by atoms with Gasteiger partial charge in [-0.05, 0) is 55.5 Å².